The van der Waals surface area contributed by atoms with E-state index in [1.165, 1.54) is 0 Å². The predicted molar refractivity (Wildman–Crippen MR) is 65.6 cm³/mol. The fourth-order valence-corrected chi connectivity index (χ4v) is 1.58. The molecule has 0 aliphatic rings. The van der Waals surface area contributed by atoms with E-state index in [4.69, 9.17) is 21.1 Å². The molecule has 1 aromatic heterocycles. The van der Waals surface area contributed by atoms with Crippen LogP contribution in [-0.2, 0) is 4.74 Å². The number of ether oxygens (including phenoxy) is 2. The molecule has 0 bridgehead atoms. The summed E-state index contributed by atoms with van der Waals surface area (Å²) in [6.07, 6.45) is 1.72. The zero-order valence-electron chi connectivity index (χ0n) is 9.65. The van der Waals surface area contributed by atoms with E-state index in [1.54, 1.807) is 20.4 Å². The van der Waals surface area contributed by atoms with Crippen molar-refractivity contribution in [2.24, 2.45) is 0 Å². The maximum atomic E-state index is 5.77. The van der Waals surface area contributed by atoms with Gasteiger partial charge in [-0.25, -0.2) is 4.98 Å². The number of pyridine rings is 1. The van der Waals surface area contributed by atoms with Gasteiger partial charge in [0.05, 0.1) is 13.7 Å². The molecular weight excluding hydrogens is 228 g/mol. The first-order chi connectivity index (χ1) is 7.81. The molecule has 0 aromatic carbocycles. The molecule has 1 heterocycles. The van der Waals surface area contributed by atoms with Crippen molar-refractivity contribution in [3.8, 4) is 5.88 Å². The average Bonchev–Trinajstić information content (AvgIpc) is 2.34. The third-order valence-corrected chi connectivity index (χ3v) is 2.38. The van der Waals surface area contributed by atoms with E-state index in [1.807, 2.05) is 12.1 Å². The number of hydrogen-bond acceptors (Lipinski definition) is 4. The molecule has 0 aliphatic carbocycles. The Bertz CT molecular complexity index is 310. The third-order valence-electron chi connectivity index (χ3n) is 2.21. The van der Waals surface area contributed by atoms with E-state index in [2.05, 4.69) is 9.88 Å². The Kier molecular flexibility index (Phi) is 5.96. The summed E-state index contributed by atoms with van der Waals surface area (Å²) in [5, 5.41) is 0. The van der Waals surface area contributed by atoms with Crippen LogP contribution in [0.4, 0.5) is 5.69 Å². The number of hydrogen-bond donors (Lipinski definition) is 0. The topological polar surface area (TPSA) is 34.6 Å². The number of nitrogens with zero attached hydrogens (tertiary/aromatic N) is 2. The standard InChI is InChI=1S/C11H17ClN2O2/c1-15-8-7-14(6-4-12)10-3-5-13-11(9-10)16-2/h3,5,9H,4,6-8H2,1-2H3. The van der Waals surface area contributed by atoms with Gasteiger partial charge < -0.3 is 14.4 Å². The Morgan fingerprint density at radius 2 is 2.19 bits per heavy atom. The summed E-state index contributed by atoms with van der Waals surface area (Å²) in [5.74, 6) is 1.18. The smallest absolute Gasteiger partial charge is 0.214 e. The van der Waals surface area contributed by atoms with Gasteiger partial charge >= 0.3 is 0 Å². The lowest BCUT2D eigenvalue weighted by molar-refractivity contribution is 0.205. The molecule has 0 spiro atoms. The highest BCUT2D eigenvalue weighted by atomic mass is 35.5. The maximum Gasteiger partial charge on any atom is 0.214 e. The minimum atomic E-state index is 0.578. The van der Waals surface area contributed by atoms with Gasteiger partial charge in [-0.05, 0) is 6.07 Å². The second kappa shape index (κ2) is 7.30. The van der Waals surface area contributed by atoms with E-state index < -0.39 is 0 Å². The predicted octanol–water partition coefficient (Wildman–Crippen LogP) is 1.78. The molecule has 0 amide bonds. The lowest BCUT2D eigenvalue weighted by atomic mass is 10.3. The number of alkyl halides is 1. The van der Waals surface area contributed by atoms with E-state index in [0.29, 0.717) is 18.4 Å². The summed E-state index contributed by atoms with van der Waals surface area (Å²) in [7, 11) is 3.29. The lowest BCUT2D eigenvalue weighted by Gasteiger charge is -2.23. The zero-order valence-corrected chi connectivity index (χ0v) is 10.4. The van der Waals surface area contributed by atoms with Crippen molar-refractivity contribution in [1.29, 1.82) is 0 Å². The van der Waals surface area contributed by atoms with Crippen molar-refractivity contribution in [3.05, 3.63) is 18.3 Å². The Balaban J connectivity index is 2.73. The Morgan fingerprint density at radius 1 is 1.38 bits per heavy atom. The van der Waals surface area contributed by atoms with Crippen molar-refractivity contribution < 1.29 is 9.47 Å². The highest BCUT2D eigenvalue weighted by Crippen LogP contribution is 2.18. The first-order valence-corrected chi connectivity index (χ1v) is 5.65. The van der Waals surface area contributed by atoms with Crippen LogP contribution in [0, 0.1) is 0 Å². The molecule has 1 rings (SSSR count). The second-order valence-electron chi connectivity index (χ2n) is 3.23. The van der Waals surface area contributed by atoms with Crippen LogP contribution in [0.1, 0.15) is 0 Å². The minimum absolute atomic E-state index is 0.578. The Labute approximate surface area is 101 Å². The van der Waals surface area contributed by atoms with Gasteiger partial charge in [-0.2, -0.15) is 0 Å². The summed E-state index contributed by atoms with van der Waals surface area (Å²) >= 11 is 5.77. The van der Waals surface area contributed by atoms with Gasteiger partial charge in [0.2, 0.25) is 5.88 Å². The molecule has 0 saturated heterocycles. The van der Waals surface area contributed by atoms with Crippen LogP contribution in [0.15, 0.2) is 18.3 Å². The first kappa shape index (κ1) is 13.1. The largest absolute Gasteiger partial charge is 0.481 e. The monoisotopic (exact) mass is 244 g/mol. The van der Waals surface area contributed by atoms with Crippen LogP contribution in [0.3, 0.4) is 0 Å². The van der Waals surface area contributed by atoms with Gasteiger partial charge in [-0.1, -0.05) is 0 Å². The molecule has 0 radical (unpaired) electrons. The van der Waals surface area contributed by atoms with Crippen LogP contribution < -0.4 is 9.64 Å². The molecule has 4 nitrogen and oxygen atoms in total. The normalized spacial score (nSPS) is 10.2. The van der Waals surface area contributed by atoms with Crippen LogP contribution >= 0.6 is 11.6 Å². The molecule has 0 unspecified atom stereocenters. The van der Waals surface area contributed by atoms with E-state index in [9.17, 15) is 0 Å². The third kappa shape index (κ3) is 3.87. The van der Waals surface area contributed by atoms with Gasteiger partial charge in [0.1, 0.15) is 0 Å². The Morgan fingerprint density at radius 3 is 2.81 bits per heavy atom. The molecule has 0 saturated carbocycles. The molecule has 0 atom stereocenters. The molecule has 90 valence electrons. The lowest BCUT2D eigenvalue weighted by Crippen LogP contribution is -2.29. The molecule has 5 heteroatoms. The molecule has 0 N–H and O–H groups in total. The van der Waals surface area contributed by atoms with Crippen molar-refractivity contribution in [1.82, 2.24) is 4.98 Å². The fraction of sp³-hybridized carbons (Fsp3) is 0.545. The summed E-state index contributed by atoms with van der Waals surface area (Å²) in [4.78, 5) is 6.21. The molecular formula is C11H17ClN2O2. The number of anilines is 1. The number of rotatable bonds is 7. The minimum Gasteiger partial charge on any atom is -0.481 e. The zero-order chi connectivity index (χ0) is 11.8. The van der Waals surface area contributed by atoms with Gasteiger partial charge in [0, 0.05) is 44.0 Å². The average molecular weight is 245 g/mol. The number of halogens is 1. The van der Waals surface area contributed by atoms with Crippen LogP contribution in [-0.4, -0.2) is 44.8 Å². The first-order valence-electron chi connectivity index (χ1n) is 5.11. The van der Waals surface area contributed by atoms with Crippen molar-refractivity contribution in [2.75, 3.05) is 44.7 Å². The Hall–Kier alpha value is -1.00. The van der Waals surface area contributed by atoms with Gasteiger partial charge in [0.25, 0.3) is 0 Å². The van der Waals surface area contributed by atoms with Crippen LogP contribution in [0.25, 0.3) is 0 Å². The van der Waals surface area contributed by atoms with Crippen molar-refractivity contribution >= 4 is 17.3 Å². The SMILES string of the molecule is COCCN(CCCl)c1ccnc(OC)c1. The van der Waals surface area contributed by atoms with Crippen LogP contribution in [0.2, 0.25) is 0 Å². The van der Waals surface area contributed by atoms with Gasteiger partial charge in [0.15, 0.2) is 0 Å². The van der Waals surface area contributed by atoms with E-state index in [0.717, 1.165) is 18.8 Å². The quantitative estimate of drug-likeness (QED) is 0.685. The summed E-state index contributed by atoms with van der Waals surface area (Å²) in [5.41, 5.74) is 1.05. The summed E-state index contributed by atoms with van der Waals surface area (Å²) in [6.45, 7) is 2.25. The highest BCUT2D eigenvalue weighted by molar-refractivity contribution is 6.18. The van der Waals surface area contributed by atoms with Crippen molar-refractivity contribution in [3.63, 3.8) is 0 Å². The van der Waals surface area contributed by atoms with E-state index in [-0.39, 0.29) is 0 Å². The van der Waals surface area contributed by atoms with E-state index >= 15 is 0 Å². The molecule has 1 aromatic rings. The van der Waals surface area contributed by atoms with Gasteiger partial charge in [-0.15, -0.1) is 11.6 Å². The fourth-order valence-electron chi connectivity index (χ4n) is 1.38. The maximum absolute atomic E-state index is 5.77. The summed E-state index contributed by atoms with van der Waals surface area (Å²) in [6, 6.07) is 3.83. The van der Waals surface area contributed by atoms with Gasteiger partial charge in [-0.3, -0.25) is 0 Å². The van der Waals surface area contributed by atoms with Crippen LogP contribution in [0.5, 0.6) is 5.88 Å². The molecule has 16 heavy (non-hydrogen) atoms. The molecule has 0 fully saturated rings. The number of methoxy groups -OCH3 is 2. The molecule has 0 aliphatic heterocycles. The number of aromatic nitrogens is 1. The second-order valence-corrected chi connectivity index (χ2v) is 3.60. The summed E-state index contributed by atoms with van der Waals surface area (Å²) < 4.78 is 10.2. The van der Waals surface area contributed by atoms with Crippen molar-refractivity contribution in [2.45, 2.75) is 0 Å². The highest BCUT2D eigenvalue weighted by Gasteiger charge is 2.06.